The minimum Gasteiger partial charge on any atom is -0.388 e. The van der Waals surface area contributed by atoms with Gasteiger partial charge < -0.3 is 24.8 Å². The molecule has 14 heavy (non-hydrogen) atoms. The quantitative estimate of drug-likeness (QED) is 0.515. The van der Waals surface area contributed by atoms with E-state index < -0.39 is 30.7 Å². The van der Waals surface area contributed by atoms with Crippen LogP contribution in [0.2, 0.25) is 0 Å². The standard InChI is InChI=1S/C9H16O5/c1-3-4-13-9-8(12)7(11)6(10)5(2)14-9/h3,5-12H,1,4H2,2H3/t5-,6-,7+,8+,9+/m0/s1. The highest BCUT2D eigenvalue weighted by Gasteiger charge is 2.42. The van der Waals surface area contributed by atoms with Crippen LogP contribution < -0.4 is 0 Å². The largest absolute Gasteiger partial charge is 0.388 e. The third-order valence-electron chi connectivity index (χ3n) is 2.19. The van der Waals surface area contributed by atoms with Gasteiger partial charge in [0.05, 0.1) is 12.7 Å². The molecule has 1 fully saturated rings. The molecule has 0 saturated carbocycles. The molecule has 1 aliphatic rings. The Kier molecular flexibility index (Phi) is 4.03. The van der Waals surface area contributed by atoms with Gasteiger partial charge in [-0.1, -0.05) is 6.08 Å². The zero-order chi connectivity index (χ0) is 10.7. The Labute approximate surface area is 82.6 Å². The van der Waals surface area contributed by atoms with E-state index in [1.54, 1.807) is 6.92 Å². The molecule has 0 radical (unpaired) electrons. The van der Waals surface area contributed by atoms with Gasteiger partial charge in [0.25, 0.3) is 0 Å². The van der Waals surface area contributed by atoms with Crippen LogP contribution in [-0.4, -0.2) is 52.6 Å². The summed E-state index contributed by atoms with van der Waals surface area (Å²) in [5.74, 6) is 0. The van der Waals surface area contributed by atoms with Gasteiger partial charge in [0.15, 0.2) is 6.29 Å². The van der Waals surface area contributed by atoms with Gasteiger partial charge >= 0.3 is 0 Å². The average molecular weight is 204 g/mol. The second-order valence-corrected chi connectivity index (χ2v) is 3.30. The van der Waals surface area contributed by atoms with Crippen LogP contribution in [0.15, 0.2) is 12.7 Å². The lowest BCUT2D eigenvalue weighted by Crippen LogP contribution is -2.57. The fourth-order valence-corrected chi connectivity index (χ4v) is 1.31. The van der Waals surface area contributed by atoms with Crippen molar-refractivity contribution in [1.29, 1.82) is 0 Å². The summed E-state index contributed by atoms with van der Waals surface area (Å²) in [6.07, 6.45) is -3.54. The molecular weight excluding hydrogens is 188 g/mol. The van der Waals surface area contributed by atoms with Gasteiger partial charge in [0.1, 0.15) is 18.3 Å². The molecule has 1 rings (SSSR count). The Morgan fingerprint density at radius 2 is 1.93 bits per heavy atom. The molecule has 82 valence electrons. The van der Waals surface area contributed by atoms with E-state index in [0.29, 0.717) is 0 Å². The van der Waals surface area contributed by atoms with Crippen molar-refractivity contribution in [1.82, 2.24) is 0 Å². The maximum absolute atomic E-state index is 9.46. The molecular formula is C9H16O5. The van der Waals surface area contributed by atoms with Crippen LogP contribution in [0.4, 0.5) is 0 Å². The molecule has 0 unspecified atom stereocenters. The zero-order valence-corrected chi connectivity index (χ0v) is 8.04. The zero-order valence-electron chi connectivity index (χ0n) is 8.04. The van der Waals surface area contributed by atoms with Crippen LogP contribution in [-0.2, 0) is 9.47 Å². The Balaban J connectivity index is 2.55. The lowest BCUT2D eigenvalue weighted by atomic mass is 10.0. The Morgan fingerprint density at radius 1 is 1.29 bits per heavy atom. The number of aliphatic hydroxyl groups is 3. The first kappa shape index (κ1) is 11.6. The van der Waals surface area contributed by atoms with Crippen LogP contribution in [0.1, 0.15) is 6.92 Å². The van der Waals surface area contributed by atoms with Crippen molar-refractivity contribution in [3.63, 3.8) is 0 Å². The minimum absolute atomic E-state index is 0.220. The SMILES string of the molecule is C=CCO[C@@H]1O[C@@H](C)[C@H](O)[C@@H](O)[C@H]1O. The van der Waals surface area contributed by atoms with E-state index in [4.69, 9.17) is 9.47 Å². The molecule has 0 aromatic rings. The molecule has 0 aromatic heterocycles. The van der Waals surface area contributed by atoms with Crippen LogP contribution >= 0.6 is 0 Å². The first-order valence-electron chi connectivity index (χ1n) is 4.50. The molecule has 0 bridgehead atoms. The summed E-state index contributed by atoms with van der Waals surface area (Å²) in [4.78, 5) is 0. The summed E-state index contributed by atoms with van der Waals surface area (Å²) in [5.41, 5.74) is 0. The van der Waals surface area contributed by atoms with Gasteiger partial charge in [-0.05, 0) is 6.92 Å². The van der Waals surface area contributed by atoms with Crippen molar-refractivity contribution in [2.75, 3.05) is 6.61 Å². The molecule has 5 atom stereocenters. The third kappa shape index (κ3) is 2.31. The monoisotopic (exact) mass is 204 g/mol. The summed E-state index contributed by atoms with van der Waals surface area (Å²) in [6, 6.07) is 0. The highest BCUT2D eigenvalue weighted by molar-refractivity contribution is 4.87. The highest BCUT2D eigenvalue weighted by Crippen LogP contribution is 2.21. The normalized spacial score (nSPS) is 43.6. The summed E-state index contributed by atoms with van der Waals surface area (Å²) in [7, 11) is 0. The smallest absolute Gasteiger partial charge is 0.186 e. The molecule has 3 N–H and O–H groups in total. The van der Waals surface area contributed by atoms with Crippen LogP contribution in [0.25, 0.3) is 0 Å². The lowest BCUT2D eigenvalue weighted by molar-refractivity contribution is -0.290. The van der Waals surface area contributed by atoms with E-state index >= 15 is 0 Å². The van der Waals surface area contributed by atoms with Crippen molar-refractivity contribution < 1.29 is 24.8 Å². The Bertz CT molecular complexity index is 196. The number of ether oxygens (including phenoxy) is 2. The summed E-state index contributed by atoms with van der Waals surface area (Å²) in [5, 5.41) is 28.2. The first-order chi connectivity index (χ1) is 6.57. The lowest BCUT2D eigenvalue weighted by Gasteiger charge is -2.38. The number of hydrogen-bond acceptors (Lipinski definition) is 5. The fourth-order valence-electron chi connectivity index (χ4n) is 1.31. The van der Waals surface area contributed by atoms with E-state index in [1.165, 1.54) is 6.08 Å². The van der Waals surface area contributed by atoms with Crippen molar-refractivity contribution in [2.45, 2.75) is 37.6 Å². The van der Waals surface area contributed by atoms with E-state index in [0.717, 1.165) is 0 Å². The second kappa shape index (κ2) is 4.86. The molecule has 0 aliphatic carbocycles. The summed E-state index contributed by atoms with van der Waals surface area (Å²) in [6.45, 7) is 5.27. The molecule has 5 heteroatoms. The van der Waals surface area contributed by atoms with Gasteiger partial charge in [-0.25, -0.2) is 0 Å². The topological polar surface area (TPSA) is 79.2 Å². The molecule has 0 amide bonds. The first-order valence-corrected chi connectivity index (χ1v) is 4.50. The van der Waals surface area contributed by atoms with Crippen molar-refractivity contribution in [3.8, 4) is 0 Å². The number of rotatable bonds is 3. The van der Waals surface area contributed by atoms with E-state index in [-0.39, 0.29) is 6.61 Å². The minimum atomic E-state index is -1.24. The predicted octanol–water partition coefficient (Wildman–Crippen LogP) is -0.984. The van der Waals surface area contributed by atoms with Gasteiger partial charge in [0.2, 0.25) is 0 Å². The van der Waals surface area contributed by atoms with Gasteiger partial charge in [-0.2, -0.15) is 0 Å². The van der Waals surface area contributed by atoms with E-state index in [1.807, 2.05) is 0 Å². The van der Waals surface area contributed by atoms with Crippen LogP contribution in [0, 0.1) is 0 Å². The average Bonchev–Trinajstić information content (AvgIpc) is 2.18. The van der Waals surface area contributed by atoms with Crippen LogP contribution in [0.3, 0.4) is 0 Å². The van der Waals surface area contributed by atoms with Gasteiger partial charge in [-0.3, -0.25) is 0 Å². The Hall–Kier alpha value is -0.460. The Morgan fingerprint density at radius 3 is 2.50 bits per heavy atom. The molecule has 5 nitrogen and oxygen atoms in total. The predicted molar refractivity (Wildman–Crippen MR) is 48.5 cm³/mol. The number of aliphatic hydroxyl groups excluding tert-OH is 3. The molecule has 0 spiro atoms. The second-order valence-electron chi connectivity index (χ2n) is 3.30. The summed E-state index contributed by atoms with van der Waals surface area (Å²) < 4.78 is 10.2. The van der Waals surface area contributed by atoms with Crippen LogP contribution in [0.5, 0.6) is 0 Å². The maximum Gasteiger partial charge on any atom is 0.186 e. The van der Waals surface area contributed by atoms with E-state index in [9.17, 15) is 15.3 Å². The maximum atomic E-state index is 9.46. The highest BCUT2D eigenvalue weighted by atomic mass is 16.7. The van der Waals surface area contributed by atoms with E-state index in [2.05, 4.69) is 6.58 Å². The van der Waals surface area contributed by atoms with Gasteiger partial charge in [-0.15, -0.1) is 6.58 Å². The number of hydrogen-bond donors (Lipinski definition) is 3. The summed E-state index contributed by atoms with van der Waals surface area (Å²) >= 11 is 0. The fraction of sp³-hybridized carbons (Fsp3) is 0.778. The molecule has 1 heterocycles. The van der Waals surface area contributed by atoms with Gasteiger partial charge in [0, 0.05) is 0 Å². The van der Waals surface area contributed by atoms with Crippen molar-refractivity contribution in [3.05, 3.63) is 12.7 Å². The van der Waals surface area contributed by atoms with Crippen molar-refractivity contribution >= 4 is 0 Å². The molecule has 0 aromatic carbocycles. The van der Waals surface area contributed by atoms with Crippen molar-refractivity contribution in [2.24, 2.45) is 0 Å². The molecule has 1 aliphatic heterocycles. The third-order valence-corrected chi connectivity index (χ3v) is 2.19. The molecule has 1 saturated heterocycles.